The fourth-order valence-electron chi connectivity index (χ4n) is 3.32. The molecular weight excluding hydrogens is 495 g/mol. The molecule has 0 amide bonds. The van der Waals surface area contributed by atoms with Gasteiger partial charge in [0.05, 0.1) is 21.3 Å². The first-order valence-corrected chi connectivity index (χ1v) is 10.9. The zero-order chi connectivity index (χ0) is 22.6. The summed E-state index contributed by atoms with van der Waals surface area (Å²) in [6.45, 7) is 3.60. The van der Waals surface area contributed by atoms with E-state index in [4.69, 9.17) is 51.1 Å². The molecule has 3 rings (SSSR count). The van der Waals surface area contributed by atoms with Crippen LogP contribution in [0.1, 0.15) is 11.1 Å². The minimum Gasteiger partial charge on any atom is -0.489 e. The molecule has 0 aromatic heterocycles. The van der Waals surface area contributed by atoms with E-state index in [0.717, 1.165) is 36.5 Å². The maximum Gasteiger partial charge on any atom is 0.416 e. The van der Waals surface area contributed by atoms with Gasteiger partial charge < -0.3 is 9.64 Å². The number of nitrogens with zero attached hydrogens (tertiary/aromatic N) is 2. The van der Waals surface area contributed by atoms with Gasteiger partial charge >= 0.3 is 6.18 Å². The smallest absolute Gasteiger partial charge is 0.416 e. The second-order valence-electron chi connectivity index (χ2n) is 7.00. The Bertz CT molecular complexity index is 900. The summed E-state index contributed by atoms with van der Waals surface area (Å²) in [6.07, 6.45) is -2.81. The van der Waals surface area contributed by atoms with Gasteiger partial charge in [-0.2, -0.15) is 13.2 Å². The second-order valence-corrected chi connectivity index (χ2v) is 8.82. The highest BCUT2D eigenvalue weighted by Gasteiger charge is 2.30. The maximum absolute atomic E-state index is 12.7. The van der Waals surface area contributed by atoms with Crippen molar-refractivity contribution in [2.45, 2.75) is 12.7 Å². The number of piperazine rings is 1. The number of hydrogen-bond acceptors (Lipinski definition) is 3. The van der Waals surface area contributed by atoms with Gasteiger partial charge in [-0.1, -0.05) is 58.5 Å². The third-order valence-corrected chi connectivity index (χ3v) is 5.74. The zero-order valence-electron chi connectivity index (χ0n) is 16.2. The Balaban J connectivity index is 1.58. The standard InChI is InChI=1S/C21H19Cl4F3N2O/c22-17-11-16(31-10-5-19(24)25)12-18(23)20(17)30-8-6-29(7-9-30)13-14-1-3-15(4-2-14)21(26,27)28/h1-5,11-12H,6-10,13H2. The molecule has 1 aliphatic rings. The SMILES string of the molecule is FC(F)(F)c1ccc(CN2CCN(c3c(Cl)cc(OCC=C(Cl)Cl)cc3Cl)CC2)cc1. The molecule has 0 aliphatic carbocycles. The number of benzene rings is 2. The lowest BCUT2D eigenvalue weighted by Gasteiger charge is -2.37. The Kier molecular flexibility index (Phi) is 8.27. The molecule has 0 bridgehead atoms. The van der Waals surface area contributed by atoms with Crippen LogP contribution in [0.5, 0.6) is 5.75 Å². The van der Waals surface area contributed by atoms with Crippen molar-refractivity contribution in [3.63, 3.8) is 0 Å². The summed E-state index contributed by atoms with van der Waals surface area (Å²) in [5, 5.41) is 0.944. The first-order chi connectivity index (χ1) is 14.6. The molecule has 31 heavy (non-hydrogen) atoms. The summed E-state index contributed by atoms with van der Waals surface area (Å²) in [4.78, 5) is 4.27. The lowest BCUT2D eigenvalue weighted by Crippen LogP contribution is -2.46. The first kappa shape index (κ1) is 24.3. The van der Waals surface area contributed by atoms with E-state index in [1.54, 1.807) is 12.1 Å². The van der Waals surface area contributed by atoms with E-state index in [1.165, 1.54) is 18.2 Å². The van der Waals surface area contributed by atoms with E-state index in [1.807, 2.05) is 0 Å². The van der Waals surface area contributed by atoms with Crippen molar-refractivity contribution in [2.75, 3.05) is 37.7 Å². The summed E-state index contributed by atoms with van der Waals surface area (Å²) in [7, 11) is 0. The van der Waals surface area contributed by atoms with Crippen LogP contribution in [0.4, 0.5) is 18.9 Å². The predicted octanol–water partition coefficient (Wildman–Crippen LogP) is 7.03. The molecule has 0 spiro atoms. The van der Waals surface area contributed by atoms with E-state index >= 15 is 0 Å². The van der Waals surface area contributed by atoms with Crippen LogP contribution < -0.4 is 9.64 Å². The van der Waals surface area contributed by atoms with Crippen LogP contribution in [0, 0.1) is 0 Å². The number of rotatable bonds is 6. The lowest BCUT2D eigenvalue weighted by molar-refractivity contribution is -0.137. The van der Waals surface area contributed by atoms with Gasteiger partial charge in [-0.3, -0.25) is 4.90 Å². The van der Waals surface area contributed by atoms with Gasteiger partial charge in [0.2, 0.25) is 0 Å². The number of anilines is 1. The number of ether oxygens (including phenoxy) is 1. The van der Waals surface area contributed by atoms with Crippen LogP contribution in [0.15, 0.2) is 47.0 Å². The van der Waals surface area contributed by atoms with Crippen molar-refractivity contribution in [3.05, 3.63) is 68.1 Å². The normalized spacial score (nSPS) is 15.1. The molecule has 0 atom stereocenters. The van der Waals surface area contributed by atoms with Gasteiger partial charge in [0.25, 0.3) is 0 Å². The van der Waals surface area contributed by atoms with Gasteiger partial charge in [0.1, 0.15) is 16.8 Å². The van der Waals surface area contributed by atoms with Gasteiger partial charge in [-0.05, 0) is 23.8 Å². The molecule has 1 fully saturated rings. The second kappa shape index (κ2) is 10.5. The molecule has 2 aromatic carbocycles. The number of alkyl halides is 3. The molecule has 1 saturated heterocycles. The highest BCUT2D eigenvalue weighted by atomic mass is 35.5. The molecule has 3 nitrogen and oxygen atoms in total. The molecule has 1 heterocycles. The molecule has 2 aromatic rings. The van der Waals surface area contributed by atoms with Crippen molar-refractivity contribution in [2.24, 2.45) is 0 Å². The average molecular weight is 514 g/mol. The third-order valence-electron chi connectivity index (χ3n) is 4.85. The third kappa shape index (κ3) is 6.83. The minimum absolute atomic E-state index is 0.114. The summed E-state index contributed by atoms with van der Waals surface area (Å²) < 4.78 is 43.8. The minimum atomic E-state index is -4.32. The Hall–Kier alpha value is -1.31. The average Bonchev–Trinajstić information content (AvgIpc) is 2.68. The fraction of sp³-hybridized carbons (Fsp3) is 0.333. The molecule has 0 unspecified atom stereocenters. The summed E-state index contributed by atoms with van der Waals surface area (Å²) in [5.74, 6) is 0.505. The summed E-state index contributed by atoms with van der Waals surface area (Å²) in [6, 6.07) is 8.65. The highest BCUT2D eigenvalue weighted by Crippen LogP contribution is 2.38. The van der Waals surface area contributed by atoms with Gasteiger partial charge in [-0.15, -0.1) is 0 Å². The van der Waals surface area contributed by atoms with Crippen LogP contribution in [0.2, 0.25) is 10.0 Å². The Labute approximate surface area is 198 Å². The van der Waals surface area contributed by atoms with E-state index in [2.05, 4.69) is 9.80 Å². The molecule has 168 valence electrons. The topological polar surface area (TPSA) is 15.7 Å². The predicted molar refractivity (Wildman–Crippen MR) is 121 cm³/mol. The Morgan fingerprint density at radius 1 is 0.968 bits per heavy atom. The van der Waals surface area contributed by atoms with Crippen LogP contribution in [0.3, 0.4) is 0 Å². The molecule has 0 radical (unpaired) electrons. The Morgan fingerprint density at radius 2 is 1.55 bits per heavy atom. The van der Waals surface area contributed by atoms with E-state index in [-0.39, 0.29) is 11.1 Å². The van der Waals surface area contributed by atoms with E-state index in [0.29, 0.717) is 35.4 Å². The van der Waals surface area contributed by atoms with Gasteiger partial charge in [-0.25, -0.2) is 0 Å². The molecule has 0 N–H and O–H groups in total. The summed E-state index contributed by atoms with van der Waals surface area (Å²) >= 11 is 24.0. The van der Waals surface area contributed by atoms with Crippen LogP contribution in [-0.4, -0.2) is 37.7 Å². The van der Waals surface area contributed by atoms with Crippen molar-refractivity contribution < 1.29 is 17.9 Å². The maximum atomic E-state index is 12.7. The monoisotopic (exact) mass is 512 g/mol. The van der Waals surface area contributed by atoms with Crippen LogP contribution >= 0.6 is 46.4 Å². The number of hydrogen-bond donors (Lipinski definition) is 0. The fourth-order valence-corrected chi connectivity index (χ4v) is 4.15. The molecule has 1 aliphatic heterocycles. The van der Waals surface area contributed by atoms with Crippen molar-refractivity contribution in [1.82, 2.24) is 4.90 Å². The first-order valence-electron chi connectivity index (χ1n) is 9.40. The van der Waals surface area contributed by atoms with Crippen molar-refractivity contribution >= 4 is 52.1 Å². The molecular formula is C21H19Cl4F3N2O. The number of halogens is 7. The van der Waals surface area contributed by atoms with Crippen molar-refractivity contribution in [3.8, 4) is 5.75 Å². The van der Waals surface area contributed by atoms with E-state index in [9.17, 15) is 13.2 Å². The quantitative estimate of drug-likeness (QED) is 0.412. The van der Waals surface area contributed by atoms with Gasteiger partial charge in [0.15, 0.2) is 0 Å². The highest BCUT2D eigenvalue weighted by molar-refractivity contribution is 6.55. The molecule has 0 saturated carbocycles. The van der Waals surface area contributed by atoms with E-state index < -0.39 is 11.7 Å². The lowest BCUT2D eigenvalue weighted by atomic mass is 10.1. The van der Waals surface area contributed by atoms with Crippen LogP contribution in [-0.2, 0) is 12.7 Å². The van der Waals surface area contributed by atoms with Crippen molar-refractivity contribution in [1.29, 1.82) is 0 Å². The Morgan fingerprint density at radius 3 is 2.06 bits per heavy atom. The zero-order valence-corrected chi connectivity index (χ0v) is 19.3. The van der Waals surface area contributed by atoms with Gasteiger partial charge in [0, 0.05) is 44.9 Å². The summed E-state index contributed by atoms with van der Waals surface area (Å²) in [5.41, 5.74) is 0.931. The largest absolute Gasteiger partial charge is 0.489 e. The van der Waals surface area contributed by atoms with Crippen LogP contribution in [0.25, 0.3) is 0 Å². The molecule has 10 heteroatoms.